The first-order valence-electron chi connectivity index (χ1n) is 5.03. The fraction of sp³-hybridized carbons (Fsp3) is 0.417. The first kappa shape index (κ1) is 12.5. The molecule has 2 N–H and O–H groups in total. The molecule has 1 aromatic rings. The number of ketones is 1. The molecule has 1 unspecified atom stereocenters. The lowest BCUT2D eigenvalue weighted by Gasteiger charge is -2.13. The van der Waals surface area contributed by atoms with Crippen LogP contribution in [0, 0.1) is 6.92 Å². The average Bonchev–Trinajstić information content (AvgIpc) is 2.28. The third kappa shape index (κ3) is 2.33. The normalized spacial score (nSPS) is 12.1. The van der Waals surface area contributed by atoms with Gasteiger partial charge in [0.2, 0.25) is 0 Å². The Bertz CT molecular complexity index is 374. The molecule has 0 spiro atoms. The third-order valence-corrected chi connectivity index (χ3v) is 2.45. The van der Waals surface area contributed by atoms with Crippen LogP contribution in [0.5, 0.6) is 11.5 Å². The summed E-state index contributed by atoms with van der Waals surface area (Å²) < 4.78 is 10.4. The number of Topliss-reactive ketones (excluding diaryl/α,β-unsaturated/α-hetero) is 1. The Kier molecular flexibility index (Phi) is 3.90. The molecule has 0 aliphatic heterocycles. The zero-order chi connectivity index (χ0) is 12.3. The average molecular weight is 223 g/mol. The van der Waals surface area contributed by atoms with E-state index in [2.05, 4.69) is 0 Å². The molecule has 0 fully saturated rings. The number of methoxy groups -OCH3 is 2. The fourth-order valence-electron chi connectivity index (χ4n) is 1.49. The van der Waals surface area contributed by atoms with Crippen molar-refractivity contribution in [3.05, 3.63) is 23.3 Å². The number of nitrogens with two attached hydrogens (primary N) is 1. The summed E-state index contributed by atoms with van der Waals surface area (Å²) in [5.41, 5.74) is 6.93. The van der Waals surface area contributed by atoms with E-state index < -0.39 is 6.04 Å². The van der Waals surface area contributed by atoms with Gasteiger partial charge >= 0.3 is 0 Å². The van der Waals surface area contributed by atoms with Crippen molar-refractivity contribution < 1.29 is 14.3 Å². The largest absolute Gasteiger partial charge is 0.496 e. The van der Waals surface area contributed by atoms with E-state index in [-0.39, 0.29) is 5.78 Å². The molecular formula is C12H17NO3. The first-order valence-corrected chi connectivity index (χ1v) is 5.03. The van der Waals surface area contributed by atoms with Gasteiger partial charge in [0.05, 0.1) is 20.3 Å². The quantitative estimate of drug-likeness (QED) is 0.786. The van der Waals surface area contributed by atoms with Crippen molar-refractivity contribution in [2.45, 2.75) is 19.9 Å². The second kappa shape index (κ2) is 4.99. The number of carbonyl (C=O) groups excluding carboxylic acids is 1. The minimum atomic E-state index is -0.530. The molecule has 0 radical (unpaired) electrons. The molecule has 0 saturated heterocycles. The van der Waals surface area contributed by atoms with Crippen LogP contribution in [0.2, 0.25) is 0 Å². The Balaban J connectivity index is 3.27. The van der Waals surface area contributed by atoms with Gasteiger partial charge in [0.1, 0.15) is 11.5 Å². The Labute approximate surface area is 95.3 Å². The predicted molar refractivity (Wildman–Crippen MR) is 62.3 cm³/mol. The van der Waals surface area contributed by atoms with Gasteiger partial charge in [-0.25, -0.2) is 0 Å². The molecule has 0 aliphatic rings. The smallest absolute Gasteiger partial charge is 0.179 e. The number of ether oxygens (including phenoxy) is 2. The summed E-state index contributed by atoms with van der Waals surface area (Å²) in [5.74, 6) is 1.13. The van der Waals surface area contributed by atoms with Crippen molar-refractivity contribution in [2.75, 3.05) is 14.2 Å². The molecule has 4 heteroatoms. The summed E-state index contributed by atoms with van der Waals surface area (Å²) in [6.07, 6.45) is 0. The van der Waals surface area contributed by atoms with Gasteiger partial charge in [-0.1, -0.05) is 0 Å². The maximum Gasteiger partial charge on any atom is 0.179 e. The highest BCUT2D eigenvalue weighted by molar-refractivity contribution is 6.00. The van der Waals surface area contributed by atoms with Crippen LogP contribution in [0.4, 0.5) is 0 Å². The van der Waals surface area contributed by atoms with Gasteiger partial charge in [-0.05, 0) is 26.0 Å². The van der Waals surface area contributed by atoms with Gasteiger partial charge in [-0.3, -0.25) is 4.79 Å². The summed E-state index contributed by atoms with van der Waals surface area (Å²) in [4.78, 5) is 11.8. The van der Waals surface area contributed by atoms with E-state index in [1.165, 1.54) is 0 Å². The zero-order valence-electron chi connectivity index (χ0n) is 10.0. The van der Waals surface area contributed by atoms with Gasteiger partial charge in [-0.15, -0.1) is 0 Å². The van der Waals surface area contributed by atoms with Crippen molar-refractivity contribution in [1.82, 2.24) is 0 Å². The van der Waals surface area contributed by atoms with Crippen LogP contribution < -0.4 is 15.2 Å². The molecule has 16 heavy (non-hydrogen) atoms. The summed E-state index contributed by atoms with van der Waals surface area (Å²) in [6.45, 7) is 3.53. The van der Waals surface area contributed by atoms with Crippen molar-refractivity contribution in [1.29, 1.82) is 0 Å². The van der Waals surface area contributed by atoms with Gasteiger partial charge < -0.3 is 15.2 Å². The second-order valence-corrected chi connectivity index (χ2v) is 3.66. The van der Waals surface area contributed by atoms with Crippen LogP contribution in [-0.4, -0.2) is 26.0 Å². The van der Waals surface area contributed by atoms with Crippen molar-refractivity contribution in [3.8, 4) is 11.5 Å². The number of carbonyl (C=O) groups is 1. The van der Waals surface area contributed by atoms with Crippen molar-refractivity contribution in [3.63, 3.8) is 0 Å². The molecule has 1 atom stereocenters. The highest BCUT2D eigenvalue weighted by atomic mass is 16.5. The highest BCUT2D eigenvalue weighted by Crippen LogP contribution is 2.29. The zero-order valence-corrected chi connectivity index (χ0v) is 10.0. The maximum absolute atomic E-state index is 11.8. The van der Waals surface area contributed by atoms with Gasteiger partial charge in [-0.2, -0.15) is 0 Å². The molecule has 88 valence electrons. The van der Waals surface area contributed by atoms with E-state index >= 15 is 0 Å². The number of benzene rings is 1. The van der Waals surface area contributed by atoms with E-state index in [0.717, 1.165) is 5.56 Å². The van der Waals surface area contributed by atoms with E-state index in [9.17, 15) is 4.79 Å². The predicted octanol–water partition coefficient (Wildman–Crippen LogP) is 1.54. The molecule has 4 nitrogen and oxygen atoms in total. The third-order valence-electron chi connectivity index (χ3n) is 2.45. The summed E-state index contributed by atoms with van der Waals surface area (Å²) in [5, 5.41) is 0. The fourth-order valence-corrected chi connectivity index (χ4v) is 1.49. The van der Waals surface area contributed by atoms with Crippen molar-refractivity contribution >= 4 is 5.78 Å². The number of hydrogen-bond donors (Lipinski definition) is 1. The highest BCUT2D eigenvalue weighted by Gasteiger charge is 2.15. The maximum atomic E-state index is 11.8. The Morgan fingerprint density at radius 2 is 1.69 bits per heavy atom. The summed E-state index contributed by atoms with van der Waals surface area (Å²) in [7, 11) is 3.11. The van der Waals surface area contributed by atoms with E-state index in [1.54, 1.807) is 33.3 Å². The standard InChI is InChI=1S/C12H17NO3/c1-7-10(15-3)5-9(6-11(7)16-4)12(14)8(2)13/h5-6,8H,13H2,1-4H3. The van der Waals surface area contributed by atoms with Crippen LogP contribution in [-0.2, 0) is 0 Å². The van der Waals surface area contributed by atoms with E-state index in [4.69, 9.17) is 15.2 Å². The molecule has 1 rings (SSSR count). The molecule has 0 saturated carbocycles. The van der Waals surface area contributed by atoms with Crippen LogP contribution in [0.25, 0.3) is 0 Å². The first-order chi connectivity index (χ1) is 7.51. The van der Waals surface area contributed by atoms with Crippen LogP contribution in [0.3, 0.4) is 0 Å². The lowest BCUT2D eigenvalue weighted by atomic mass is 10.0. The SMILES string of the molecule is COc1cc(C(=O)C(C)N)cc(OC)c1C. The molecule has 0 aromatic heterocycles. The van der Waals surface area contributed by atoms with E-state index in [1.807, 2.05) is 6.92 Å². The second-order valence-electron chi connectivity index (χ2n) is 3.66. The molecule has 0 heterocycles. The minimum Gasteiger partial charge on any atom is -0.496 e. The van der Waals surface area contributed by atoms with E-state index in [0.29, 0.717) is 17.1 Å². The summed E-state index contributed by atoms with van der Waals surface area (Å²) >= 11 is 0. The van der Waals surface area contributed by atoms with Crippen LogP contribution >= 0.6 is 0 Å². The van der Waals surface area contributed by atoms with Gasteiger partial charge in [0.15, 0.2) is 5.78 Å². The summed E-state index contributed by atoms with van der Waals surface area (Å²) in [6, 6.07) is 2.84. The Morgan fingerprint density at radius 3 is 2.00 bits per heavy atom. The lowest BCUT2D eigenvalue weighted by Crippen LogP contribution is -2.26. The minimum absolute atomic E-state index is 0.128. The molecule has 0 aliphatic carbocycles. The van der Waals surface area contributed by atoms with Gasteiger partial charge in [0, 0.05) is 11.1 Å². The number of rotatable bonds is 4. The topological polar surface area (TPSA) is 61.5 Å². The molecule has 1 aromatic carbocycles. The van der Waals surface area contributed by atoms with Crippen LogP contribution in [0.1, 0.15) is 22.8 Å². The monoisotopic (exact) mass is 223 g/mol. The molecular weight excluding hydrogens is 206 g/mol. The molecule has 0 bridgehead atoms. The lowest BCUT2D eigenvalue weighted by molar-refractivity contribution is 0.0967. The van der Waals surface area contributed by atoms with Crippen LogP contribution in [0.15, 0.2) is 12.1 Å². The Morgan fingerprint density at radius 1 is 1.25 bits per heavy atom. The van der Waals surface area contributed by atoms with Gasteiger partial charge in [0.25, 0.3) is 0 Å². The number of hydrogen-bond acceptors (Lipinski definition) is 4. The Hall–Kier alpha value is -1.55. The molecule has 0 amide bonds. The van der Waals surface area contributed by atoms with Crippen molar-refractivity contribution in [2.24, 2.45) is 5.73 Å².